The second-order valence-electron chi connectivity index (χ2n) is 8.03. The molecule has 0 bridgehead atoms. The number of likely N-dealkylation sites (tertiary alicyclic amines) is 1. The summed E-state index contributed by atoms with van der Waals surface area (Å²) in [7, 11) is 0. The van der Waals surface area contributed by atoms with Crippen LogP contribution in [0.3, 0.4) is 0 Å². The first-order valence-electron chi connectivity index (χ1n) is 10.3. The van der Waals surface area contributed by atoms with Crippen molar-refractivity contribution < 1.29 is 10.2 Å². The van der Waals surface area contributed by atoms with Gasteiger partial charge in [-0.25, -0.2) is 4.98 Å². The number of aromatic nitrogens is 3. The lowest BCUT2D eigenvalue weighted by atomic mass is 9.83. The normalized spacial score (nSPS) is 17.8. The van der Waals surface area contributed by atoms with E-state index < -0.39 is 5.60 Å². The Kier molecular flexibility index (Phi) is 5.22. The summed E-state index contributed by atoms with van der Waals surface area (Å²) < 4.78 is 1.51. The van der Waals surface area contributed by atoms with Crippen LogP contribution >= 0.6 is 22.9 Å². The minimum Gasteiger partial charge on any atom is -0.492 e. The molecule has 0 radical (unpaired) electrons. The third-order valence-corrected chi connectivity index (χ3v) is 7.37. The fourth-order valence-corrected chi connectivity index (χ4v) is 5.68. The van der Waals surface area contributed by atoms with E-state index in [1.54, 1.807) is 0 Å². The second-order valence-corrected chi connectivity index (χ2v) is 9.48. The molecule has 0 aliphatic carbocycles. The topological polar surface area (TPSA) is 73.9 Å². The molecule has 2 aromatic heterocycles. The van der Waals surface area contributed by atoms with E-state index in [0.717, 1.165) is 16.0 Å². The predicted octanol–water partition coefficient (Wildman–Crippen LogP) is 4.53. The van der Waals surface area contributed by atoms with E-state index in [2.05, 4.69) is 27.1 Å². The van der Waals surface area contributed by atoms with Gasteiger partial charge < -0.3 is 10.2 Å². The Morgan fingerprint density at radius 2 is 1.74 bits per heavy atom. The first-order valence-corrected chi connectivity index (χ1v) is 11.5. The van der Waals surface area contributed by atoms with Gasteiger partial charge in [0.1, 0.15) is 5.82 Å². The van der Waals surface area contributed by atoms with Gasteiger partial charge >= 0.3 is 0 Å². The van der Waals surface area contributed by atoms with E-state index in [-0.39, 0.29) is 11.9 Å². The van der Waals surface area contributed by atoms with Crippen LogP contribution in [-0.2, 0) is 5.60 Å². The molecule has 5 rings (SSSR count). The Morgan fingerprint density at radius 1 is 1.06 bits per heavy atom. The number of aromatic hydroxyl groups is 1. The molecule has 0 amide bonds. The molecule has 1 atom stereocenters. The van der Waals surface area contributed by atoms with Gasteiger partial charge in [-0.05, 0) is 43.0 Å². The fraction of sp³-hybridized carbons (Fsp3) is 0.304. The van der Waals surface area contributed by atoms with Crippen molar-refractivity contribution in [2.45, 2.75) is 31.4 Å². The standard InChI is InChI=1S/C23H23ClN4O2S/c1-15-25-22-28(26-15)21(29)20(31-22)19(16-5-3-2-4-6-16)27-13-11-23(30,12-14-27)17-7-9-18(24)10-8-17/h2-10,19,29-30H,11-14H2,1H3. The second kappa shape index (κ2) is 7.91. The van der Waals surface area contributed by atoms with Crippen LogP contribution in [0.15, 0.2) is 54.6 Å². The molecule has 1 aliphatic rings. The maximum absolute atomic E-state index is 11.3. The minimum atomic E-state index is -0.882. The molecule has 1 aliphatic heterocycles. The first-order chi connectivity index (χ1) is 14.9. The molecule has 1 unspecified atom stereocenters. The first kappa shape index (κ1) is 20.5. The molecule has 1 fully saturated rings. The number of hydrogen-bond donors (Lipinski definition) is 2. The maximum Gasteiger partial charge on any atom is 0.230 e. The van der Waals surface area contributed by atoms with Crippen LogP contribution in [0.4, 0.5) is 0 Å². The molecule has 4 aromatic rings. The summed E-state index contributed by atoms with van der Waals surface area (Å²) >= 11 is 7.48. The van der Waals surface area contributed by atoms with Crippen molar-refractivity contribution in [3.63, 3.8) is 0 Å². The molecule has 2 aromatic carbocycles. The molecular weight excluding hydrogens is 432 g/mol. The maximum atomic E-state index is 11.3. The molecule has 0 saturated carbocycles. The Labute approximate surface area is 189 Å². The van der Waals surface area contributed by atoms with Gasteiger partial charge in [-0.3, -0.25) is 4.90 Å². The number of thiazole rings is 1. The quantitative estimate of drug-likeness (QED) is 0.474. The van der Waals surface area contributed by atoms with Gasteiger partial charge in [0.05, 0.1) is 16.5 Å². The lowest BCUT2D eigenvalue weighted by Crippen LogP contribution is -2.44. The highest BCUT2D eigenvalue weighted by molar-refractivity contribution is 7.17. The molecule has 0 spiro atoms. The van der Waals surface area contributed by atoms with Gasteiger partial charge in [-0.15, -0.1) is 5.10 Å². The Hall–Kier alpha value is -2.45. The minimum absolute atomic E-state index is 0.132. The summed E-state index contributed by atoms with van der Waals surface area (Å²) in [4.78, 5) is 8.24. The molecule has 160 valence electrons. The van der Waals surface area contributed by atoms with Crippen LogP contribution in [0.1, 0.15) is 40.7 Å². The van der Waals surface area contributed by atoms with E-state index in [9.17, 15) is 10.2 Å². The Balaban J connectivity index is 1.47. The lowest BCUT2D eigenvalue weighted by Gasteiger charge is -2.42. The van der Waals surface area contributed by atoms with E-state index in [1.165, 1.54) is 15.9 Å². The summed E-state index contributed by atoms with van der Waals surface area (Å²) in [5, 5.41) is 27.2. The van der Waals surface area contributed by atoms with Crippen LogP contribution in [0.2, 0.25) is 5.02 Å². The molecular formula is C23H23ClN4O2S. The van der Waals surface area contributed by atoms with Crippen molar-refractivity contribution >= 4 is 27.9 Å². The van der Waals surface area contributed by atoms with Crippen molar-refractivity contribution in [2.24, 2.45) is 0 Å². The summed E-state index contributed by atoms with van der Waals surface area (Å²) in [5.74, 6) is 0.767. The summed E-state index contributed by atoms with van der Waals surface area (Å²) in [5.41, 5.74) is 1.11. The van der Waals surface area contributed by atoms with Crippen molar-refractivity contribution in [1.29, 1.82) is 0 Å². The third-order valence-electron chi connectivity index (χ3n) is 6.04. The van der Waals surface area contributed by atoms with Crippen molar-refractivity contribution in [2.75, 3.05) is 13.1 Å². The molecule has 3 heterocycles. The molecule has 6 nitrogen and oxygen atoms in total. The molecule has 31 heavy (non-hydrogen) atoms. The molecule has 8 heteroatoms. The molecule has 1 saturated heterocycles. The van der Waals surface area contributed by atoms with Gasteiger partial charge in [0.25, 0.3) is 0 Å². The monoisotopic (exact) mass is 454 g/mol. The summed E-state index contributed by atoms with van der Waals surface area (Å²) in [6.07, 6.45) is 1.19. The van der Waals surface area contributed by atoms with Crippen LogP contribution in [0.5, 0.6) is 5.88 Å². The number of halogens is 1. The van der Waals surface area contributed by atoms with Crippen LogP contribution < -0.4 is 0 Å². The average molecular weight is 455 g/mol. The van der Waals surface area contributed by atoms with Crippen molar-refractivity contribution in [1.82, 2.24) is 19.5 Å². The van der Waals surface area contributed by atoms with Crippen LogP contribution in [0.25, 0.3) is 4.96 Å². The van der Waals surface area contributed by atoms with E-state index in [4.69, 9.17) is 11.6 Å². The zero-order valence-electron chi connectivity index (χ0n) is 17.1. The number of benzene rings is 2. The van der Waals surface area contributed by atoms with Crippen LogP contribution in [-0.4, -0.2) is 42.8 Å². The van der Waals surface area contributed by atoms with Gasteiger partial charge in [-0.2, -0.15) is 4.52 Å². The highest BCUT2D eigenvalue weighted by atomic mass is 35.5. The zero-order chi connectivity index (χ0) is 21.6. The highest BCUT2D eigenvalue weighted by Crippen LogP contribution is 2.43. The van der Waals surface area contributed by atoms with Gasteiger partial charge in [0, 0.05) is 18.1 Å². The fourth-order valence-electron chi connectivity index (χ4n) is 4.39. The van der Waals surface area contributed by atoms with Crippen LogP contribution in [0, 0.1) is 6.92 Å². The number of piperidine rings is 1. The SMILES string of the molecule is Cc1nc2sc(C(c3ccccc3)N3CCC(O)(c4ccc(Cl)cc4)CC3)c(O)n2n1. The summed E-state index contributed by atoms with van der Waals surface area (Å²) in [6, 6.07) is 17.5. The third kappa shape index (κ3) is 3.72. The smallest absolute Gasteiger partial charge is 0.230 e. The van der Waals surface area contributed by atoms with E-state index >= 15 is 0 Å². The predicted molar refractivity (Wildman–Crippen MR) is 122 cm³/mol. The van der Waals surface area contributed by atoms with Crippen molar-refractivity contribution in [3.8, 4) is 5.88 Å². The van der Waals surface area contributed by atoms with E-state index in [0.29, 0.717) is 41.7 Å². The summed E-state index contributed by atoms with van der Waals surface area (Å²) in [6.45, 7) is 3.19. The Bertz CT molecular complexity index is 1200. The number of nitrogens with zero attached hydrogens (tertiary/aromatic N) is 4. The lowest BCUT2D eigenvalue weighted by molar-refractivity contribution is -0.0323. The molecule has 2 N–H and O–H groups in total. The van der Waals surface area contributed by atoms with Gasteiger partial charge in [-0.1, -0.05) is 65.4 Å². The number of hydrogen-bond acceptors (Lipinski definition) is 6. The number of rotatable bonds is 4. The van der Waals surface area contributed by atoms with Gasteiger partial charge in [0.2, 0.25) is 10.8 Å². The van der Waals surface area contributed by atoms with Gasteiger partial charge in [0.15, 0.2) is 0 Å². The number of aliphatic hydroxyl groups is 1. The number of aryl methyl sites for hydroxylation is 1. The van der Waals surface area contributed by atoms with E-state index in [1.807, 2.05) is 49.4 Å². The van der Waals surface area contributed by atoms with Crippen molar-refractivity contribution in [3.05, 3.63) is 81.4 Å². The Morgan fingerprint density at radius 3 is 2.39 bits per heavy atom. The zero-order valence-corrected chi connectivity index (χ0v) is 18.6. The largest absolute Gasteiger partial charge is 0.492 e. The number of fused-ring (bicyclic) bond motifs is 1. The average Bonchev–Trinajstić information content (AvgIpc) is 3.28. The highest BCUT2D eigenvalue weighted by Gasteiger charge is 2.38.